The van der Waals surface area contributed by atoms with Crippen molar-refractivity contribution in [1.82, 2.24) is 20.0 Å². The predicted molar refractivity (Wildman–Crippen MR) is 72.9 cm³/mol. The second kappa shape index (κ2) is 5.30. The van der Waals surface area contributed by atoms with Crippen molar-refractivity contribution < 1.29 is 0 Å². The van der Waals surface area contributed by atoms with E-state index in [-0.39, 0.29) is 0 Å². The summed E-state index contributed by atoms with van der Waals surface area (Å²) in [5, 5.41) is 11.2. The van der Waals surface area contributed by atoms with Gasteiger partial charge in [0.1, 0.15) is 0 Å². The molecule has 1 aromatic carbocycles. The van der Waals surface area contributed by atoms with Gasteiger partial charge in [0.15, 0.2) is 0 Å². The van der Waals surface area contributed by atoms with E-state index in [2.05, 4.69) is 20.6 Å². The average Bonchev–Trinajstić information content (AvgIpc) is 3.01. The summed E-state index contributed by atoms with van der Waals surface area (Å²) in [5.41, 5.74) is 3.12. The third-order valence-corrected chi connectivity index (χ3v) is 2.78. The molecule has 5 heteroatoms. The van der Waals surface area contributed by atoms with E-state index in [4.69, 9.17) is 0 Å². The first-order valence-corrected chi connectivity index (χ1v) is 6.02. The second-order valence-electron chi connectivity index (χ2n) is 4.08. The van der Waals surface area contributed by atoms with Crippen LogP contribution in [0, 0.1) is 0 Å². The minimum absolute atomic E-state index is 0.722. The third kappa shape index (κ3) is 2.60. The van der Waals surface area contributed by atoms with Crippen LogP contribution in [-0.2, 0) is 6.54 Å². The summed E-state index contributed by atoms with van der Waals surface area (Å²) < 4.78 is 1.74. The van der Waals surface area contributed by atoms with Gasteiger partial charge in [0.05, 0.1) is 23.8 Å². The van der Waals surface area contributed by atoms with Gasteiger partial charge in [0.25, 0.3) is 0 Å². The average molecular weight is 251 g/mol. The normalized spacial score (nSPS) is 10.3. The minimum atomic E-state index is 0.722. The summed E-state index contributed by atoms with van der Waals surface area (Å²) in [6, 6.07) is 12.0. The molecule has 5 nitrogen and oxygen atoms in total. The maximum Gasteiger partial charge on any atom is 0.0894 e. The van der Waals surface area contributed by atoms with E-state index >= 15 is 0 Å². The van der Waals surface area contributed by atoms with Gasteiger partial charge < -0.3 is 5.32 Å². The van der Waals surface area contributed by atoms with E-state index in [9.17, 15) is 0 Å². The molecule has 0 aliphatic carbocycles. The Morgan fingerprint density at radius 2 is 2.00 bits per heavy atom. The number of pyridine rings is 1. The largest absolute Gasteiger partial charge is 0.379 e. The third-order valence-electron chi connectivity index (χ3n) is 2.78. The molecule has 94 valence electrons. The highest BCUT2D eigenvalue weighted by Gasteiger charge is 2.04. The highest BCUT2D eigenvalue weighted by molar-refractivity contribution is 5.60. The summed E-state index contributed by atoms with van der Waals surface area (Å²) >= 11 is 0. The number of para-hydroxylation sites is 2. The Kier molecular flexibility index (Phi) is 3.18. The molecule has 0 aliphatic heterocycles. The van der Waals surface area contributed by atoms with Crippen molar-refractivity contribution in [2.24, 2.45) is 0 Å². The quantitative estimate of drug-likeness (QED) is 0.773. The van der Waals surface area contributed by atoms with Gasteiger partial charge in [-0.2, -0.15) is 0 Å². The van der Waals surface area contributed by atoms with Gasteiger partial charge in [-0.1, -0.05) is 23.4 Å². The van der Waals surface area contributed by atoms with Crippen LogP contribution in [0.25, 0.3) is 5.69 Å². The van der Waals surface area contributed by atoms with Gasteiger partial charge in [0, 0.05) is 18.9 Å². The summed E-state index contributed by atoms with van der Waals surface area (Å²) in [6.07, 6.45) is 7.11. The lowest BCUT2D eigenvalue weighted by molar-refractivity contribution is 0.803. The van der Waals surface area contributed by atoms with Crippen molar-refractivity contribution in [2.75, 3.05) is 5.32 Å². The van der Waals surface area contributed by atoms with Crippen molar-refractivity contribution in [3.8, 4) is 5.69 Å². The van der Waals surface area contributed by atoms with Crippen molar-refractivity contribution in [3.05, 3.63) is 66.7 Å². The lowest BCUT2D eigenvalue weighted by atomic mass is 10.2. The number of hydrogen-bond acceptors (Lipinski definition) is 4. The van der Waals surface area contributed by atoms with Gasteiger partial charge in [0.2, 0.25) is 0 Å². The van der Waals surface area contributed by atoms with Crippen LogP contribution in [0.5, 0.6) is 0 Å². The maximum atomic E-state index is 4.10. The van der Waals surface area contributed by atoms with E-state index in [0.717, 1.165) is 23.5 Å². The van der Waals surface area contributed by atoms with Crippen LogP contribution in [0.15, 0.2) is 61.2 Å². The Bertz CT molecular complexity index is 634. The first-order valence-electron chi connectivity index (χ1n) is 6.02. The number of nitrogens with zero attached hydrogens (tertiary/aromatic N) is 4. The van der Waals surface area contributed by atoms with Crippen molar-refractivity contribution >= 4 is 5.69 Å². The fraction of sp³-hybridized carbons (Fsp3) is 0.0714. The molecule has 3 rings (SSSR count). The van der Waals surface area contributed by atoms with Crippen LogP contribution in [-0.4, -0.2) is 20.0 Å². The Morgan fingerprint density at radius 1 is 1.05 bits per heavy atom. The number of hydrogen-bond donors (Lipinski definition) is 1. The fourth-order valence-corrected chi connectivity index (χ4v) is 1.86. The van der Waals surface area contributed by atoms with E-state index in [1.54, 1.807) is 17.1 Å². The zero-order valence-electron chi connectivity index (χ0n) is 10.3. The first-order chi connectivity index (χ1) is 9.43. The molecule has 0 amide bonds. The summed E-state index contributed by atoms with van der Waals surface area (Å²) in [7, 11) is 0. The van der Waals surface area contributed by atoms with Gasteiger partial charge in [-0.3, -0.25) is 4.98 Å². The van der Waals surface area contributed by atoms with Crippen LogP contribution in [0.2, 0.25) is 0 Å². The molecule has 2 heterocycles. The Morgan fingerprint density at radius 3 is 2.79 bits per heavy atom. The molecule has 0 atom stereocenters. The lowest BCUT2D eigenvalue weighted by Crippen LogP contribution is -2.05. The van der Waals surface area contributed by atoms with Crippen LogP contribution in [0.1, 0.15) is 5.56 Å². The number of nitrogens with one attached hydrogen (secondary N) is 1. The Hall–Kier alpha value is -2.69. The van der Waals surface area contributed by atoms with E-state index in [1.807, 2.05) is 48.8 Å². The van der Waals surface area contributed by atoms with Crippen molar-refractivity contribution in [3.63, 3.8) is 0 Å². The molecule has 0 radical (unpaired) electrons. The van der Waals surface area contributed by atoms with Crippen LogP contribution >= 0.6 is 0 Å². The Balaban J connectivity index is 1.82. The summed E-state index contributed by atoms with van der Waals surface area (Å²) in [4.78, 5) is 4.10. The van der Waals surface area contributed by atoms with E-state index < -0.39 is 0 Å². The molecule has 0 bridgehead atoms. The zero-order chi connectivity index (χ0) is 12.9. The number of benzene rings is 1. The SMILES string of the molecule is c1cncc(CNc2ccccc2-n2ccnn2)c1. The molecular weight excluding hydrogens is 238 g/mol. The van der Waals surface area contributed by atoms with Gasteiger partial charge in [-0.25, -0.2) is 4.68 Å². The van der Waals surface area contributed by atoms with Crippen LogP contribution in [0.4, 0.5) is 5.69 Å². The van der Waals surface area contributed by atoms with Crippen LogP contribution in [0.3, 0.4) is 0 Å². The van der Waals surface area contributed by atoms with Crippen molar-refractivity contribution in [2.45, 2.75) is 6.54 Å². The molecular formula is C14H13N5. The topological polar surface area (TPSA) is 55.6 Å². The lowest BCUT2D eigenvalue weighted by Gasteiger charge is -2.11. The second-order valence-corrected chi connectivity index (χ2v) is 4.08. The number of aromatic nitrogens is 4. The highest BCUT2D eigenvalue weighted by atomic mass is 15.4. The summed E-state index contributed by atoms with van der Waals surface area (Å²) in [6.45, 7) is 0.722. The maximum absolute atomic E-state index is 4.10. The predicted octanol–water partition coefficient (Wildman–Crippen LogP) is 2.27. The molecule has 0 saturated carbocycles. The Labute approximate surface area is 110 Å². The molecule has 2 aromatic heterocycles. The smallest absolute Gasteiger partial charge is 0.0894 e. The molecule has 0 spiro atoms. The number of anilines is 1. The standard InChI is InChI=1S/C14H13N5/c1-2-6-14(19-9-8-17-18-19)13(5-1)16-11-12-4-3-7-15-10-12/h1-10,16H,11H2. The van der Waals surface area contributed by atoms with Crippen molar-refractivity contribution in [1.29, 1.82) is 0 Å². The first kappa shape index (κ1) is 11.4. The zero-order valence-corrected chi connectivity index (χ0v) is 10.3. The highest BCUT2D eigenvalue weighted by Crippen LogP contribution is 2.19. The monoisotopic (exact) mass is 251 g/mol. The van der Waals surface area contributed by atoms with Gasteiger partial charge in [-0.15, -0.1) is 5.10 Å². The molecule has 3 aromatic rings. The van der Waals surface area contributed by atoms with E-state index in [0.29, 0.717) is 0 Å². The molecule has 0 unspecified atom stereocenters. The van der Waals surface area contributed by atoms with Gasteiger partial charge in [-0.05, 0) is 23.8 Å². The van der Waals surface area contributed by atoms with Gasteiger partial charge >= 0.3 is 0 Å². The molecule has 0 fully saturated rings. The van der Waals surface area contributed by atoms with E-state index in [1.165, 1.54) is 0 Å². The molecule has 1 N–H and O–H groups in total. The molecule has 0 aliphatic rings. The molecule has 19 heavy (non-hydrogen) atoms. The summed E-state index contributed by atoms with van der Waals surface area (Å²) in [5.74, 6) is 0. The number of rotatable bonds is 4. The minimum Gasteiger partial charge on any atom is -0.379 e. The fourth-order valence-electron chi connectivity index (χ4n) is 1.86. The molecule has 0 saturated heterocycles. The van der Waals surface area contributed by atoms with Crippen LogP contribution < -0.4 is 5.32 Å².